The summed E-state index contributed by atoms with van der Waals surface area (Å²) in [5.41, 5.74) is 0.188. The fourth-order valence-electron chi connectivity index (χ4n) is 2.69. The first-order valence-electron chi connectivity index (χ1n) is 8.87. The lowest BCUT2D eigenvalue weighted by Gasteiger charge is -2.29. The summed E-state index contributed by atoms with van der Waals surface area (Å²) in [6.45, 7) is 3.07. The Balaban J connectivity index is 2.14. The topological polar surface area (TPSA) is 123 Å². The lowest BCUT2D eigenvalue weighted by Crippen LogP contribution is -2.41. The Hall–Kier alpha value is -3.22. The molecule has 0 spiro atoms. The number of hydrogen-bond acceptors (Lipinski definition) is 9. The largest absolute Gasteiger partial charge is 0.511 e. The number of carbonyl (C=O) groups is 2. The number of benzene rings is 1. The van der Waals surface area contributed by atoms with Gasteiger partial charge in [0.15, 0.2) is 0 Å². The van der Waals surface area contributed by atoms with Gasteiger partial charge in [0.2, 0.25) is 12.4 Å². The molecule has 0 amide bonds. The predicted octanol–water partition coefficient (Wildman–Crippen LogP) is 3.91. The van der Waals surface area contributed by atoms with E-state index in [1.54, 1.807) is 13.8 Å². The second kappa shape index (κ2) is 9.94. The molecule has 0 bridgehead atoms. The normalized spacial score (nSPS) is 16.1. The molecule has 1 heterocycles. The van der Waals surface area contributed by atoms with E-state index in [0.29, 0.717) is 16.1 Å². The van der Waals surface area contributed by atoms with Gasteiger partial charge in [0.25, 0.3) is 5.09 Å². The van der Waals surface area contributed by atoms with E-state index in [9.17, 15) is 32.9 Å². The summed E-state index contributed by atoms with van der Waals surface area (Å²) >= 11 is 6.14. The number of hydrogen-bond donors (Lipinski definition) is 0. The van der Waals surface area contributed by atoms with Crippen LogP contribution in [0.2, 0.25) is 5.02 Å². The Kier molecular flexibility index (Phi) is 7.78. The first kappa shape index (κ1) is 25.0. The van der Waals surface area contributed by atoms with Gasteiger partial charge in [-0.05, 0) is 37.1 Å². The molecule has 176 valence electrons. The summed E-state index contributed by atoms with van der Waals surface area (Å²) in [6, 6.07) is 1.33. The van der Waals surface area contributed by atoms with Crippen LogP contribution < -0.4 is 4.74 Å². The van der Waals surface area contributed by atoms with E-state index in [4.69, 9.17) is 21.1 Å². The zero-order valence-electron chi connectivity index (χ0n) is 16.9. The quantitative estimate of drug-likeness (QED) is 0.186. The summed E-state index contributed by atoms with van der Waals surface area (Å²) in [6.07, 6.45) is -9.66. The van der Waals surface area contributed by atoms with Crippen LogP contribution in [0.15, 0.2) is 11.6 Å². The Bertz CT molecular complexity index is 949. The average Bonchev–Trinajstić information content (AvgIpc) is 2.67. The average molecular weight is 484 g/mol. The maximum absolute atomic E-state index is 13.5. The second-order valence-corrected chi connectivity index (χ2v) is 6.81. The van der Waals surface area contributed by atoms with Crippen LogP contribution in [0.1, 0.15) is 23.6 Å². The van der Waals surface area contributed by atoms with E-state index in [-0.39, 0.29) is 11.3 Å². The van der Waals surface area contributed by atoms with Crippen LogP contribution >= 0.6 is 11.6 Å². The number of rotatable bonds is 7. The molecule has 2 atom stereocenters. The van der Waals surface area contributed by atoms with E-state index in [1.165, 1.54) is 6.07 Å². The highest BCUT2D eigenvalue weighted by Crippen LogP contribution is 2.41. The molecule has 14 heteroatoms. The Morgan fingerprint density at radius 1 is 1.28 bits per heavy atom. The summed E-state index contributed by atoms with van der Waals surface area (Å²) in [5, 5.41) is 9.16. The zero-order valence-corrected chi connectivity index (χ0v) is 17.6. The number of fused-ring (bicyclic) bond motifs is 1. The molecular weight excluding hydrogens is 467 g/mol. The van der Waals surface area contributed by atoms with Crippen LogP contribution in [-0.4, -0.2) is 49.0 Å². The molecule has 1 aromatic carbocycles. The van der Waals surface area contributed by atoms with Crippen molar-refractivity contribution in [2.45, 2.75) is 39.3 Å². The molecule has 1 aliphatic heterocycles. The number of carbonyl (C=O) groups excluding carboxylic acids is 2. The van der Waals surface area contributed by atoms with Crippen LogP contribution in [0.25, 0.3) is 6.08 Å². The fourth-order valence-corrected chi connectivity index (χ4v) is 2.85. The smallest absolute Gasteiger partial charge is 0.475 e. The SMILES string of the molecule is Cc1cc2c(c(C)c1Cl)C=C(C(=O)OC(C)OC(=O)OCCO[N+](=O)[O-])[C@@H](C(F)(F)F)O2. The third-order valence-electron chi connectivity index (χ3n) is 4.09. The van der Waals surface area contributed by atoms with Crippen LogP contribution in [-0.2, 0) is 23.8 Å². The third kappa shape index (κ3) is 6.15. The van der Waals surface area contributed by atoms with Gasteiger partial charge in [0.1, 0.15) is 19.0 Å². The molecule has 1 unspecified atom stereocenters. The van der Waals surface area contributed by atoms with Gasteiger partial charge in [0, 0.05) is 17.5 Å². The minimum Gasteiger partial charge on any atom is -0.475 e. The zero-order chi connectivity index (χ0) is 24.2. The van der Waals surface area contributed by atoms with Crippen molar-refractivity contribution in [3.05, 3.63) is 43.5 Å². The summed E-state index contributed by atoms with van der Waals surface area (Å²) in [5.74, 6) is -1.56. The highest BCUT2D eigenvalue weighted by Gasteiger charge is 2.49. The Labute approximate surface area is 183 Å². The highest BCUT2D eigenvalue weighted by molar-refractivity contribution is 6.32. The Morgan fingerprint density at radius 3 is 2.53 bits per heavy atom. The maximum Gasteiger partial charge on any atom is 0.511 e. The van der Waals surface area contributed by atoms with Crippen molar-refractivity contribution in [1.29, 1.82) is 0 Å². The van der Waals surface area contributed by atoms with Crippen molar-refractivity contribution in [2.24, 2.45) is 0 Å². The van der Waals surface area contributed by atoms with Crippen molar-refractivity contribution in [1.82, 2.24) is 0 Å². The lowest BCUT2D eigenvalue weighted by atomic mass is 9.96. The molecule has 0 aliphatic carbocycles. The predicted molar refractivity (Wildman–Crippen MR) is 100 cm³/mol. The molecule has 2 rings (SSSR count). The molecule has 0 radical (unpaired) electrons. The monoisotopic (exact) mass is 483 g/mol. The van der Waals surface area contributed by atoms with Crippen molar-refractivity contribution in [3.63, 3.8) is 0 Å². The van der Waals surface area contributed by atoms with Gasteiger partial charge < -0.3 is 23.8 Å². The molecular formula is C18H17ClF3NO9. The minimum absolute atomic E-state index is 0.104. The van der Waals surface area contributed by atoms with Gasteiger partial charge in [-0.2, -0.15) is 13.2 Å². The van der Waals surface area contributed by atoms with Crippen LogP contribution in [0.5, 0.6) is 5.75 Å². The van der Waals surface area contributed by atoms with Gasteiger partial charge >= 0.3 is 18.3 Å². The van der Waals surface area contributed by atoms with Gasteiger partial charge in [-0.25, -0.2) is 9.59 Å². The maximum atomic E-state index is 13.5. The van der Waals surface area contributed by atoms with Crippen LogP contribution in [0.3, 0.4) is 0 Å². The molecule has 0 N–H and O–H groups in total. The van der Waals surface area contributed by atoms with E-state index in [1.807, 2.05) is 0 Å². The van der Waals surface area contributed by atoms with Crippen molar-refractivity contribution in [2.75, 3.05) is 13.2 Å². The van der Waals surface area contributed by atoms with Gasteiger partial charge in [0.05, 0.1) is 5.57 Å². The number of ether oxygens (including phenoxy) is 4. The molecule has 10 nitrogen and oxygen atoms in total. The molecule has 0 aromatic heterocycles. The summed E-state index contributed by atoms with van der Waals surface area (Å²) < 4.78 is 59.4. The number of esters is 1. The molecule has 0 fully saturated rings. The van der Waals surface area contributed by atoms with E-state index >= 15 is 0 Å². The van der Waals surface area contributed by atoms with Gasteiger partial charge in [-0.1, -0.05) is 11.6 Å². The van der Waals surface area contributed by atoms with Gasteiger partial charge in [-0.15, -0.1) is 10.1 Å². The third-order valence-corrected chi connectivity index (χ3v) is 4.67. The molecule has 0 saturated heterocycles. The Morgan fingerprint density at radius 2 is 1.94 bits per heavy atom. The molecule has 1 aromatic rings. The second-order valence-electron chi connectivity index (χ2n) is 6.43. The first-order chi connectivity index (χ1) is 14.8. The van der Waals surface area contributed by atoms with Crippen LogP contribution in [0.4, 0.5) is 18.0 Å². The van der Waals surface area contributed by atoms with E-state index in [2.05, 4.69) is 14.3 Å². The van der Waals surface area contributed by atoms with Gasteiger partial charge in [-0.3, -0.25) is 0 Å². The van der Waals surface area contributed by atoms with E-state index in [0.717, 1.165) is 13.0 Å². The highest BCUT2D eigenvalue weighted by atomic mass is 35.5. The number of aryl methyl sites for hydroxylation is 1. The first-order valence-corrected chi connectivity index (χ1v) is 9.25. The molecule has 0 saturated carbocycles. The number of nitrogens with zero attached hydrogens (tertiary/aromatic N) is 1. The lowest BCUT2D eigenvalue weighted by molar-refractivity contribution is -0.757. The van der Waals surface area contributed by atoms with Crippen molar-refractivity contribution < 1.29 is 51.6 Å². The number of alkyl halides is 3. The van der Waals surface area contributed by atoms with Crippen molar-refractivity contribution in [3.8, 4) is 5.75 Å². The van der Waals surface area contributed by atoms with Crippen molar-refractivity contribution >= 4 is 29.8 Å². The minimum atomic E-state index is -4.95. The standard InChI is InChI=1S/C18H17ClF3NO9/c1-8-6-13-11(9(2)14(8)19)7-12(15(32-13)18(20,21)22)16(24)30-10(3)31-17(25)28-4-5-29-23(26)27/h6-7,10,15H,4-5H2,1-3H3/t10?,15-/m0/s1. The van der Waals surface area contributed by atoms with E-state index < -0.39 is 54.6 Å². The molecule has 32 heavy (non-hydrogen) atoms. The molecule has 1 aliphatic rings. The number of halogens is 4. The summed E-state index contributed by atoms with van der Waals surface area (Å²) in [4.78, 5) is 37.8. The summed E-state index contributed by atoms with van der Waals surface area (Å²) in [7, 11) is 0. The fraction of sp³-hybridized carbons (Fsp3) is 0.444. The van der Waals surface area contributed by atoms with Crippen LogP contribution in [0, 0.1) is 24.0 Å².